The average Bonchev–Trinajstić information content (AvgIpc) is 3.41. The summed E-state index contributed by atoms with van der Waals surface area (Å²) in [5, 5.41) is 24.0. The first-order valence-corrected chi connectivity index (χ1v) is 19.3. The van der Waals surface area contributed by atoms with E-state index in [-0.39, 0.29) is 22.1 Å². The molecule has 0 radical (unpaired) electrons. The molecule has 17 nitrogen and oxygen atoms in total. The number of hydrogen-bond donors (Lipinski definition) is 3. The number of anilines is 1. The van der Waals surface area contributed by atoms with Crippen molar-refractivity contribution in [1.29, 1.82) is 0 Å². The fourth-order valence-electron chi connectivity index (χ4n) is 3.42. The van der Waals surface area contributed by atoms with Crippen LogP contribution in [-0.2, 0) is 27.3 Å². The Labute approximate surface area is 264 Å². The molecule has 1 aliphatic heterocycles. The topological polar surface area (TPSA) is 267 Å². The third kappa shape index (κ3) is 9.21. The molecule has 44 heavy (non-hydrogen) atoms. The van der Waals surface area contributed by atoms with Crippen molar-refractivity contribution in [2.45, 2.75) is 46.1 Å². The Bertz CT molecular complexity index is 1470. The van der Waals surface area contributed by atoms with E-state index in [9.17, 15) is 56.7 Å². The van der Waals surface area contributed by atoms with Gasteiger partial charge in [0.2, 0.25) is 3.82 Å². The highest BCUT2D eigenvalue weighted by molar-refractivity contribution is 7.99. The zero-order valence-corrected chi connectivity index (χ0v) is 27.6. The van der Waals surface area contributed by atoms with Crippen molar-refractivity contribution < 1.29 is 70.2 Å². The predicted octanol–water partition coefficient (Wildman–Crippen LogP) is 0.322. The summed E-state index contributed by atoms with van der Waals surface area (Å²) in [7, 11) is -18.8. The zero-order chi connectivity index (χ0) is 33.3. The van der Waals surface area contributed by atoms with Gasteiger partial charge in [-0.1, -0.05) is 35.0 Å². The summed E-state index contributed by atoms with van der Waals surface area (Å²) in [6, 6.07) is 0. The fraction of sp³-hybridized carbons (Fsp3) is 0.706. The van der Waals surface area contributed by atoms with Crippen LogP contribution < -0.4 is 24.9 Å². The maximum absolute atomic E-state index is 12.7. The molecule has 0 saturated carbocycles. The highest BCUT2D eigenvalue weighted by Gasteiger charge is 2.47. The number of hydrogen-bond acceptors (Lipinski definition) is 18. The molecule has 0 bridgehead atoms. The van der Waals surface area contributed by atoms with Gasteiger partial charge in [0.15, 0.2) is 36.0 Å². The second-order valence-electron chi connectivity index (χ2n) is 8.69. The third-order valence-corrected chi connectivity index (χ3v) is 14.3. The number of alkyl halides is 5. The highest BCUT2D eigenvalue weighted by atomic mass is 35.5. The van der Waals surface area contributed by atoms with E-state index in [0.717, 1.165) is 10.9 Å². The first-order valence-electron chi connectivity index (χ1n) is 11.7. The number of thioether (sulfide) groups is 2. The van der Waals surface area contributed by atoms with E-state index in [0.29, 0.717) is 24.1 Å². The Balaban J connectivity index is 1.82. The van der Waals surface area contributed by atoms with Gasteiger partial charge in [-0.2, -0.15) is 24.9 Å². The summed E-state index contributed by atoms with van der Waals surface area (Å²) in [6.07, 6.45) is -9.61. The van der Waals surface area contributed by atoms with Gasteiger partial charge >= 0.3 is 6.18 Å². The molecule has 0 spiro atoms. The number of nitrogens with zero attached hydrogens (tertiary/aromatic N) is 4. The molecule has 0 aliphatic carbocycles. The lowest BCUT2D eigenvalue weighted by Crippen LogP contribution is -2.35. The van der Waals surface area contributed by atoms with Crippen LogP contribution >= 0.6 is 69.7 Å². The number of aromatic nitrogens is 4. The second-order valence-corrected chi connectivity index (χ2v) is 18.6. The Kier molecular flexibility index (Phi) is 12.6. The summed E-state index contributed by atoms with van der Waals surface area (Å²) in [4.78, 5) is 58.6. The van der Waals surface area contributed by atoms with Crippen LogP contribution in [0.1, 0.15) is 12.6 Å². The number of phosphoric acid groups is 1. The van der Waals surface area contributed by atoms with Crippen LogP contribution in [0.5, 0.6) is 0 Å². The van der Waals surface area contributed by atoms with Crippen LogP contribution in [-0.4, -0.2) is 88.9 Å². The molecule has 3 unspecified atom stereocenters. The molecule has 1 aliphatic rings. The number of aliphatic hydroxyl groups excluding tert-OH is 2. The van der Waals surface area contributed by atoms with Crippen molar-refractivity contribution in [2.24, 2.45) is 0 Å². The Morgan fingerprint density at radius 3 is 2.39 bits per heavy atom. The SMILES string of the molecule is CSCCNc1nc(SCCC(F)(F)F)nc2c1ncn2[C@@H]1O[C@H](COP(=O)([O-])OP(=O)([O-])C(Cl)(Cl)P(=O)([O-])[O-])[C@H](O)C1O. The third-order valence-electron chi connectivity index (χ3n) is 5.49. The largest absolute Gasteiger partial charge is 0.808 e. The predicted molar refractivity (Wildman–Crippen MR) is 144 cm³/mol. The maximum Gasteiger partial charge on any atom is 0.389 e. The Morgan fingerprint density at radius 2 is 1.80 bits per heavy atom. The molecule has 2 aromatic heterocycles. The number of aliphatic hydroxyl groups is 2. The van der Waals surface area contributed by atoms with Crippen molar-refractivity contribution in [1.82, 2.24) is 19.5 Å². The minimum absolute atomic E-state index is 0.0516. The fourth-order valence-corrected chi connectivity index (χ4v) is 8.59. The smallest absolute Gasteiger partial charge is 0.389 e. The monoisotopic (exact) mass is 771 g/mol. The second kappa shape index (κ2) is 14.5. The molecule has 252 valence electrons. The highest BCUT2D eigenvalue weighted by Crippen LogP contribution is 2.74. The number of rotatable bonds is 15. The number of fused-ring (bicyclic) bond motifs is 1. The van der Waals surface area contributed by atoms with Gasteiger partial charge in [0.1, 0.15) is 18.3 Å². The van der Waals surface area contributed by atoms with E-state index in [1.54, 1.807) is 0 Å². The van der Waals surface area contributed by atoms with Gasteiger partial charge < -0.3 is 53.5 Å². The summed E-state index contributed by atoms with van der Waals surface area (Å²) >= 11 is 12.2. The summed E-state index contributed by atoms with van der Waals surface area (Å²) in [5.74, 6) is 0.351. The van der Waals surface area contributed by atoms with Crippen LogP contribution in [0.3, 0.4) is 0 Å². The van der Waals surface area contributed by atoms with Crippen molar-refractivity contribution >= 4 is 86.7 Å². The van der Waals surface area contributed by atoms with Gasteiger partial charge in [0.05, 0.1) is 19.4 Å². The van der Waals surface area contributed by atoms with Crippen LogP contribution in [0.25, 0.3) is 11.2 Å². The summed E-state index contributed by atoms with van der Waals surface area (Å²) in [5.41, 5.74) is 0.0592. The van der Waals surface area contributed by atoms with E-state index in [1.165, 1.54) is 11.8 Å². The Hall–Kier alpha value is -0.250. The summed E-state index contributed by atoms with van der Waals surface area (Å²) < 4.78 is 83.4. The first-order chi connectivity index (χ1) is 20.1. The normalized spacial score (nSPS) is 24.4. The maximum atomic E-state index is 12.7. The molecular formula is C17H21Cl2F3N5O12P3S2-4. The van der Waals surface area contributed by atoms with Gasteiger partial charge in [0, 0.05) is 18.1 Å². The van der Waals surface area contributed by atoms with Crippen LogP contribution in [0.4, 0.5) is 19.0 Å². The Morgan fingerprint density at radius 1 is 1.14 bits per heavy atom. The minimum atomic E-state index is -6.40. The number of imidazole rings is 1. The van der Waals surface area contributed by atoms with Crippen molar-refractivity contribution in [3.8, 4) is 0 Å². The van der Waals surface area contributed by atoms with E-state index in [1.807, 2.05) is 6.26 Å². The van der Waals surface area contributed by atoms with Gasteiger partial charge in [0.25, 0.3) is 7.82 Å². The van der Waals surface area contributed by atoms with E-state index < -0.39 is 76.3 Å². The van der Waals surface area contributed by atoms with Crippen LogP contribution in [0.15, 0.2) is 11.5 Å². The van der Waals surface area contributed by atoms with Crippen LogP contribution in [0, 0.1) is 0 Å². The molecule has 3 heterocycles. The summed E-state index contributed by atoms with van der Waals surface area (Å²) in [6.45, 7) is -0.835. The van der Waals surface area contributed by atoms with E-state index in [4.69, 9.17) is 27.9 Å². The van der Waals surface area contributed by atoms with Crippen molar-refractivity contribution in [2.75, 3.05) is 36.2 Å². The first kappa shape index (κ1) is 38.2. The van der Waals surface area contributed by atoms with Crippen molar-refractivity contribution in [3.63, 3.8) is 0 Å². The molecule has 27 heteroatoms. The van der Waals surface area contributed by atoms with Gasteiger partial charge in [-0.15, -0.1) is 0 Å². The van der Waals surface area contributed by atoms with Gasteiger partial charge in [-0.25, -0.2) is 15.0 Å². The molecule has 6 atom stereocenters. The molecule has 0 amide bonds. The quantitative estimate of drug-likeness (QED) is 0.0723. The molecular weight excluding hydrogens is 751 g/mol. The number of halogens is 5. The molecule has 3 rings (SSSR count). The van der Waals surface area contributed by atoms with Crippen LogP contribution in [0.2, 0.25) is 0 Å². The van der Waals surface area contributed by atoms with Gasteiger partial charge in [-0.3, -0.25) is 13.4 Å². The molecule has 2 aromatic rings. The van der Waals surface area contributed by atoms with E-state index in [2.05, 4.69) is 29.1 Å². The average molecular weight is 772 g/mol. The van der Waals surface area contributed by atoms with Gasteiger partial charge in [-0.05, 0) is 13.9 Å². The molecule has 3 N–H and O–H groups in total. The zero-order valence-electron chi connectivity index (χ0n) is 21.7. The van der Waals surface area contributed by atoms with E-state index >= 15 is 0 Å². The molecule has 0 aromatic carbocycles. The lowest BCUT2D eigenvalue weighted by molar-refractivity contribution is -0.315. The number of nitrogens with one attached hydrogen (secondary N) is 1. The lowest BCUT2D eigenvalue weighted by atomic mass is 10.1. The standard InChI is InChI=1S/C17H25Cl2F3N5O12P3S2/c1-43-5-3-23-12-9-13(26-15(25-12)44-4-2-16(20,21)22)27(7-24-9)14-11(29)10(28)8(38-14)6-37-42(35,36)39-41(33,34)17(18,19)40(30,31)32/h7-8,10-11,14,28-29H,2-6H2,1H3,(H,33,34)(H,35,36)(H,23,25,26)(H2,30,31,32)/p-4/t8-,10+,11?,14-/m1/s1. The minimum Gasteiger partial charge on any atom is -0.808 e. The lowest BCUT2D eigenvalue weighted by Gasteiger charge is -2.47. The molecule has 1 saturated heterocycles. The number of ether oxygens (including phenoxy) is 1. The van der Waals surface area contributed by atoms with Crippen molar-refractivity contribution in [3.05, 3.63) is 6.33 Å². The number of phosphoric ester groups is 1. The molecule has 1 fully saturated rings.